The van der Waals surface area contributed by atoms with E-state index in [0.29, 0.717) is 19.5 Å². The van der Waals surface area contributed by atoms with Crippen LogP contribution in [0, 0.1) is 5.41 Å². The van der Waals surface area contributed by atoms with Crippen molar-refractivity contribution >= 4 is 6.09 Å². The van der Waals surface area contributed by atoms with Crippen LogP contribution in [0.15, 0.2) is 5.11 Å². The van der Waals surface area contributed by atoms with Gasteiger partial charge in [-0.15, -0.1) is 0 Å². The standard InChI is InChI=1S/C11H20N4O3/c1-10(2,3)18-9(17)15-5-4-11(7-15,8-16)6-13-14-12/h16H,4-8H2,1-3H3. The third kappa shape index (κ3) is 3.78. The molecule has 1 N–H and O–H groups in total. The fourth-order valence-electron chi connectivity index (χ4n) is 1.91. The lowest BCUT2D eigenvalue weighted by molar-refractivity contribution is 0.0258. The summed E-state index contributed by atoms with van der Waals surface area (Å²) in [5.74, 6) is 0. The molecule has 0 bridgehead atoms. The van der Waals surface area contributed by atoms with Crippen molar-refractivity contribution in [1.82, 2.24) is 4.90 Å². The predicted molar refractivity (Wildman–Crippen MR) is 66.0 cm³/mol. The van der Waals surface area contributed by atoms with Gasteiger partial charge in [0.1, 0.15) is 5.60 Å². The summed E-state index contributed by atoms with van der Waals surface area (Å²) in [7, 11) is 0. The highest BCUT2D eigenvalue weighted by Gasteiger charge is 2.40. The normalized spacial score (nSPS) is 23.7. The van der Waals surface area contributed by atoms with Crippen molar-refractivity contribution in [2.24, 2.45) is 10.5 Å². The molecule has 0 saturated carbocycles. The van der Waals surface area contributed by atoms with Crippen LogP contribution in [0.25, 0.3) is 10.4 Å². The molecule has 0 aromatic heterocycles. The molecule has 1 saturated heterocycles. The van der Waals surface area contributed by atoms with Crippen LogP contribution in [-0.2, 0) is 4.74 Å². The van der Waals surface area contributed by atoms with Crippen LogP contribution in [0.3, 0.4) is 0 Å². The zero-order chi connectivity index (χ0) is 13.8. The number of likely N-dealkylation sites (tertiary alicyclic amines) is 1. The molecule has 1 aliphatic rings. The predicted octanol–water partition coefficient (Wildman–Crippen LogP) is 1.92. The van der Waals surface area contributed by atoms with Crippen LogP contribution in [0.1, 0.15) is 27.2 Å². The number of hydrogen-bond donors (Lipinski definition) is 1. The Morgan fingerprint density at radius 3 is 2.78 bits per heavy atom. The number of carbonyl (C=O) groups excluding carboxylic acids is 1. The maximum absolute atomic E-state index is 11.9. The molecule has 7 heteroatoms. The molecule has 7 nitrogen and oxygen atoms in total. The Balaban J connectivity index is 2.63. The van der Waals surface area contributed by atoms with E-state index in [2.05, 4.69) is 10.0 Å². The molecule has 0 aromatic carbocycles. The number of amides is 1. The summed E-state index contributed by atoms with van der Waals surface area (Å²) in [5.41, 5.74) is 7.28. The smallest absolute Gasteiger partial charge is 0.410 e. The number of azide groups is 1. The van der Waals surface area contributed by atoms with Crippen molar-refractivity contribution in [3.8, 4) is 0 Å². The van der Waals surface area contributed by atoms with Crippen LogP contribution >= 0.6 is 0 Å². The first-order valence-electron chi connectivity index (χ1n) is 5.92. The van der Waals surface area contributed by atoms with E-state index in [4.69, 9.17) is 10.3 Å². The van der Waals surface area contributed by atoms with Gasteiger partial charge in [0.05, 0.1) is 6.61 Å². The lowest BCUT2D eigenvalue weighted by Gasteiger charge is -2.27. The summed E-state index contributed by atoms with van der Waals surface area (Å²) >= 11 is 0. The summed E-state index contributed by atoms with van der Waals surface area (Å²) in [4.78, 5) is 16.1. The van der Waals surface area contributed by atoms with Crippen LogP contribution in [-0.4, -0.2) is 47.9 Å². The molecule has 1 amide bonds. The Bertz CT molecular complexity index is 360. The monoisotopic (exact) mass is 256 g/mol. The van der Waals surface area contributed by atoms with Crippen LogP contribution in [0.5, 0.6) is 0 Å². The van der Waals surface area contributed by atoms with E-state index >= 15 is 0 Å². The van der Waals surface area contributed by atoms with Gasteiger partial charge >= 0.3 is 6.09 Å². The summed E-state index contributed by atoms with van der Waals surface area (Å²) in [6.45, 7) is 6.37. The molecule has 1 unspecified atom stereocenters. The zero-order valence-electron chi connectivity index (χ0n) is 11.1. The second kappa shape index (κ2) is 5.46. The maximum Gasteiger partial charge on any atom is 0.410 e. The number of aliphatic hydroxyl groups excluding tert-OH is 1. The lowest BCUT2D eigenvalue weighted by Crippen LogP contribution is -2.38. The van der Waals surface area contributed by atoms with Gasteiger partial charge in [-0.3, -0.25) is 0 Å². The van der Waals surface area contributed by atoms with Crippen LogP contribution < -0.4 is 0 Å². The lowest BCUT2D eigenvalue weighted by atomic mass is 9.88. The molecule has 0 aromatic rings. The Morgan fingerprint density at radius 1 is 1.61 bits per heavy atom. The molecule has 0 radical (unpaired) electrons. The van der Waals surface area contributed by atoms with Gasteiger partial charge < -0.3 is 14.7 Å². The third-order valence-electron chi connectivity index (χ3n) is 2.89. The Morgan fingerprint density at radius 2 is 2.28 bits per heavy atom. The molecule has 1 rings (SSSR count). The minimum atomic E-state index is -0.535. The van der Waals surface area contributed by atoms with Gasteiger partial charge in [-0.05, 0) is 32.7 Å². The highest BCUT2D eigenvalue weighted by molar-refractivity contribution is 5.68. The number of nitrogens with zero attached hydrogens (tertiary/aromatic N) is 4. The van der Waals surface area contributed by atoms with E-state index < -0.39 is 17.1 Å². The van der Waals surface area contributed by atoms with Crippen molar-refractivity contribution in [1.29, 1.82) is 0 Å². The van der Waals surface area contributed by atoms with Gasteiger partial charge in [0.2, 0.25) is 0 Å². The van der Waals surface area contributed by atoms with E-state index in [1.807, 2.05) is 0 Å². The average molecular weight is 256 g/mol. The van der Waals surface area contributed by atoms with E-state index in [-0.39, 0.29) is 13.2 Å². The first-order chi connectivity index (χ1) is 8.32. The fraction of sp³-hybridized carbons (Fsp3) is 0.909. The highest BCUT2D eigenvalue weighted by atomic mass is 16.6. The van der Waals surface area contributed by atoms with E-state index in [9.17, 15) is 9.90 Å². The molecule has 18 heavy (non-hydrogen) atoms. The first kappa shape index (κ1) is 14.6. The summed E-state index contributed by atoms with van der Waals surface area (Å²) in [5, 5.41) is 12.9. The van der Waals surface area contributed by atoms with Crippen molar-refractivity contribution in [3.63, 3.8) is 0 Å². The maximum atomic E-state index is 11.9. The highest BCUT2D eigenvalue weighted by Crippen LogP contribution is 2.31. The minimum absolute atomic E-state index is 0.106. The topological polar surface area (TPSA) is 98.5 Å². The number of ether oxygens (including phenoxy) is 1. The quantitative estimate of drug-likeness (QED) is 0.474. The fourth-order valence-corrected chi connectivity index (χ4v) is 1.91. The minimum Gasteiger partial charge on any atom is -0.444 e. The molecule has 1 aliphatic heterocycles. The number of hydrogen-bond acceptors (Lipinski definition) is 4. The molecule has 0 spiro atoms. The van der Waals surface area contributed by atoms with Gasteiger partial charge in [-0.2, -0.15) is 0 Å². The summed E-state index contributed by atoms with van der Waals surface area (Å²) in [6, 6.07) is 0. The Kier molecular flexibility index (Phi) is 4.43. The van der Waals surface area contributed by atoms with Crippen molar-refractivity contribution in [2.75, 3.05) is 26.2 Å². The van der Waals surface area contributed by atoms with Crippen molar-refractivity contribution < 1.29 is 14.6 Å². The molecule has 1 fully saturated rings. The van der Waals surface area contributed by atoms with Gasteiger partial charge in [0.25, 0.3) is 0 Å². The average Bonchev–Trinajstić information content (AvgIpc) is 2.69. The molecular formula is C11H20N4O3. The molecular weight excluding hydrogens is 236 g/mol. The zero-order valence-corrected chi connectivity index (χ0v) is 11.1. The van der Waals surface area contributed by atoms with E-state index in [0.717, 1.165) is 0 Å². The van der Waals surface area contributed by atoms with Gasteiger partial charge in [-0.1, -0.05) is 5.11 Å². The number of rotatable bonds is 3. The molecule has 1 heterocycles. The number of carbonyl (C=O) groups is 1. The van der Waals surface area contributed by atoms with E-state index in [1.165, 1.54) is 0 Å². The van der Waals surface area contributed by atoms with Gasteiger partial charge in [0, 0.05) is 30.0 Å². The van der Waals surface area contributed by atoms with Gasteiger partial charge in [0.15, 0.2) is 0 Å². The third-order valence-corrected chi connectivity index (χ3v) is 2.89. The first-order valence-corrected chi connectivity index (χ1v) is 5.92. The largest absolute Gasteiger partial charge is 0.444 e. The molecule has 102 valence electrons. The second-order valence-corrected chi connectivity index (χ2v) is 5.70. The van der Waals surface area contributed by atoms with Crippen LogP contribution in [0.2, 0.25) is 0 Å². The van der Waals surface area contributed by atoms with Gasteiger partial charge in [-0.25, -0.2) is 4.79 Å². The molecule has 1 atom stereocenters. The SMILES string of the molecule is CC(C)(C)OC(=O)N1CCC(CO)(CN=[N+]=[N-])C1. The second-order valence-electron chi connectivity index (χ2n) is 5.70. The number of aliphatic hydroxyl groups is 1. The Hall–Kier alpha value is -1.46. The Labute approximate surface area is 106 Å². The summed E-state index contributed by atoms with van der Waals surface area (Å²) in [6.07, 6.45) is 0.223. The van der Waals surface area contributed by atoms with Crippen molar-refractivity contribution in [2.45, 2.75) is 32.8 Å². The van der Waals surface area contributed by atoms with Crippen LogP contribution in [0.4, 0.5) is 4.79 Å². The van der Waals surface area contributed by atoms with E-state index in [1.54, 1.807) is 25.7 Å². The van der Waals surface area contributed by atoms with Crippen molar-refractivity contribution in [3.05, 3.63) is 10.4 Å². The summed E-state index contributed by atoms with van der Waals surface area (Å²) < 4.78 is 5.27. The molecule has 0 aliphatic carbocycles.